The molecule has 0 saturated heterocycles. The zero-order valence-corrected chi connectivity index (χ0v) is 9.45. The van der Waals surface area contributed by atoms with E-state index in [0.717, 1.165) is 11.3 Å². The van der Waals surface area contributed by atoms with E-state index in [0.29, 0.717) is 11.8 Å². The van der Waals surface area contributed by atoms with Gasteiger partial charge in [0.25, 0.3) is 0 Å². The SMILES string of the molecule is c1ccc(Nc2nc(-c3cccnc3)no2)cc1. The average Bonchev–Trinajstić information content (AvgIpc) is 2.89. The average molecular weight is 238 g/mol. The number of aromatic nitrogens is 3. The number of hydrogen-bond acceptors (Lipinski definition) is 5. The van der Waals surface area contributed by atoms with Gasteiger partial charge in [0.05, 0.1) is 0 Å². The summed E-state index contributed by atoms with van der Waals surface area (Å²) in [6.07, 6.45) is 3.39. The summed E-state index contributed by atoms with van der Waals surface area (Å²) in [7, 11) is 0. The van der Waals surface area contributed by atoms with Gasteiger partial charge in [0.1, 0.15) is 0 Å². The number of anilines is 2. The minimum atomic E-state index is 0.361. The lowest BCUT2D eigenvalue weighted by molar-refractivity contribution is 0.435. The standard InChI is InChI=1S/C13H10N4O/c1-2-6-11(7-3-1)15-13-16-12(17-18-13)10-5-4-8-14-9-10/h1-9H,(H,15,16,17). The topological polar surface area (TPSA) is 63.8 Å². The number of nitrogens with zero attached hydrogens (tertiary/aromatic N) is 3. The normalized spacial score (nSPS) is 10.2. The molecule has 0 aliphatic rings. The van der Waals surface area contributed by atoms with Crippen molar-refractivity contribution in [1.29, 1.82) is 0 Å². The Morgan fingerprint density at radius 1 is 1.00 bits per heavy atom. The maximum atomic E-state index is 5.12. The number of rotatable bonds is 3. The van der Waals surface area contributed by atoms with Gasteiger partial charge >= 0.3 is 6.01 Å². The van der Waals surface area contributed by atoms with Crippen LogP contribution in [0.3, 0.4) is 0 Å². The lowest BCUT2D eigenvalue weighted by atomic mass is 10.3. The Hall–Kier alpha value is -2.69. The van der Waals surface area contributed by atoms with Gasteiger partial charge in [-0.25, -0.2) is 0 Å². The number of benzene rings is 1. The van der Waals surface area contributed by atoms with Crippen molar-refractivity contribution in [1.82, 2.24) is 15.1 Å². The van der Waals surface area contributed by atoms with Crippen molar-refractivity contribution in [3.63, 3.8) is 0 Å². The Labute approximate surface area is 104 Å². The maximum absolute atomic E-state index is 5.12. The van der Waals surface area contributed by atoms with Crippen LogP contribution in [-0.4, -0.2) is 15.1 Å². The third-order valence-corrected chi connectivity index (χ3v) is 2.37. The molecular weight excluding hydrogens is 228 g/mol. The van der Waals surface area contributed by atoms with Crippen molar-refractivity contribution < 1.29 is 4.52 Å². The van der Waals surface area contributed by atoms with Gasteiger partial charge in [0.2, 0.25) is 5.82 Å². The summed E-state index contributed by atoms with van der Waals surface area (Å²) in [5.41, 5.74) is 1.72. The van der Waals surface area contributed by atoms with Crippen molar-refractivity contribution in [3.05, 3.63) is 54.9 Å². The summed E-state index contributed by atoms with van der Waals surface area (Å²) in [4.78, 5) is 8.26. The molecule has 0 bridgehead atoms. The highest BCUT2D eigenvalue weighted by Crippen LogP contribution is 2.18. The molecular formula is C13H10N4O. The van der Waals surface area contributed by atoms with E-state index in [-0.39, 0.29) is 0 Å². The molecule has 0 aliphatic carbocycles. The quantitative estimate of drug-likeness (QED) is 0.760. The number of nitrogens with one attached hydrogen (secondary N) is 1. The molecule has 3 rings (SSSR count). The van der Waals surface area contributed by atoms with E-state index in [2.05, 4.69) is 20.4 Å². The summed E-state index contributed by atoms with van der Waals surface area (Å²) < 4.78 is 5.12. The van der Waals surface area contributed by atoms with Crippen molar-refractivity contribution in [3.8, 4) is 11.4 Å². The van der Waals surface area contributed by atoms with E-state index < -0.39 is 0 Å². The molecule has 1 N–H and O–H groups in total. The molecule has 2 aromatic heterocycles. The first-order valence-electron chi connectivity index (χ1n) is 5.48. The van der Waals surface area contributed by atoms with E-state index in [1.807, 2.05) is 42.5 Å². The number of pyridine rings is 1. The van der Waals surface area contributed by atoms with Crippen LogP contribution >= 0.6 is 0 Å². The smallest absolute Gasteiger partial charge is 0.315 e. The van der Waals surface area contributed by atoms with E-state index in [1.165, 1.54) is 0 Å². The third-order valence-electron chi connectivity index (χ3n) is 2.37. The van der Waals surface area contributed by atoms with Gasteiger partial charge in [-0.1, -0.05) is 23.4 Å². The summed E-state index contributed by atoms with van der Waals surface area (Å²) >= 11 is 0. The predicted octanol–water partition coefficient (Wildman–Crippen LogP) is 2.88. The molecule has 0 radical (unpaired) electrons. The molecule has 0 unspecified atom stereocenters. The molecule has 88 valence electrons. The monoisotopic (exact) mass is 238 g/mol. The molecule has 0 aliphatic heterocycles. The van der Waals surface area contributed by atoms with Gasteiger partial charge in [-0.15, -0.1) is 0 Å². The van der Waals surface area contributed by atoms with Crippen LogP contribution in [0.5, 0.6) is 0 Å². The van der Waals surface area contributed by atoms with Crippen LogP contribution in [-0.2, 0) is 0 Å². The van der Waals surface area contributed by atoms with E-state index >= 15 is 0 Å². The van der Waals surface area contributed by atoms with Gasteiger partial charge < -0.3 is 9.84 Å². The van der Waals surface area contributed by atoms with Gasteiger partial charge in [-0.3, -0.25) is 4.98 Å². The molecule has 5 heteroatoms. The first-order chi connectivity index (χ1) is 8.92. The van der Waals surface area contributed by atoms with Crippen LogP contribution < -0.4 is 5.32 Å². The molecule has 1 aromatic carbocycles. The fraction of sp³-hybridized carbons (Fsp3) is 0. The highest BCUT2D eigenvalue weighted by atomic mass is 16.5. The first-order valence-corrected chi connectivity index (χ1v) is 5.48. The van der Waals surface area contributed by atoms with Crippen LogP contribution in [0.25, 0.3) is 11.4 Å². The van der Waals surface area contributed by atoms with Crippen molar-refractivity contribution in [2.45, 2.75) is 0 Å². The van der Waals surface area contributed by atoms with Crippen molar-refractivity contribution in [2.75, 3.05) is 5.32 Å². The van der Waals surface area contributed by atoms with E-state index in [4.69, 9.17) is 4.52 Å². The van der Waals surface area contributed by atoms with E-state index in [9.17, 15) is 0 Å². The Bertz CT molecular complexity index is 622. The van der Waals surface area contributed by atoms with Gasteiger partial charge in [-0.2, -0.15) is 4.98 Å². The minimum Gasteiger partial charge on any atom is -0.315 e. The molecule has 0 fully saturated rings. The van der Waals surface area contributed by atoms with Crippen molar-refractivity contribution in [2.24, 2.45) is 0 Å². The fourth-order valence-electron chi connectivity index (χ4n) is 1.53. The molecule has 0 spiro atoms. The van der Waals surface area contributed by atoms with Crippen molar-refractivity contribution >= 4 is 11.7 Å². The predicted molar refractivity (Wildman–Crippen MR) is 67.3 cm³/mol. The van der Waals surface area contributed by atoms with Crippen LogP contribution in [0.4, 0.5) is 11.7 Å². The maximum Gasteiger partial charge on any atom is 0.326 e. The highest BCUT2D eigenvalue weighted by molar-refractivity contribution is 5.56. The molecule has 3 aromatic rings. The molecule has 2 heterocycles. The molecule has 5 nitrogen and oxygen atoms in total. The molecule has 0 saturated carbocycles. The zero-order chi connectivity index (χ0) is 12.2. The van der Waals surface area contributed by atoms with Crippen LogP contribution in [0.2, 0.25) is 0 Å². The molecule has 18 heavy (non-hydrogen) atoms. The Kier molecular flexibility index (Phi) is 2.71. The largest absolute Gasteiger partial charge is 0.326 e. The Morgan fingerprint density at radius 3 is 2.67 bits per heavy atom. The summed E-state index contributed by atoms with van der Waals surface area (Å²) in [5, 5.41) is 6.93. The zero-order valence-electron chi connectivity index (χ0n) is 9.45. The highest BCUT2D eigenvalue weighted by Gasteiger charge is 2.08. The minimum absolute atomic E-state index is 0.361. The molecule has 0 atom stereocenters. The second kappa shape index (κ2) is 4.67. The summed E-state index contributed by atoms with van der Waals surface area (Å²) in [6.45, 7) is 0. The van der Waals surface area contributed by atoms with Gasteiger partial charge in [0, 0.05) is 23.6 Å². The summed E-state index contributed by atoms with van der Waals surface area (Å²) in [6, 6.07) is 13.7. The van der Waals surface area contributed by atoms with Crippen LogP contribution in [0, 0.1) is 0 Å². The lowest BCUT2D eigenvalue weighted by Gasteiger charge is -1.98. The van der Waals surface area contributed by atoms with Gasteiger partial charge in [0.15, 0.2) is 0 Å². The lowest BCUT2D eigenvalue weighted by Crippen LogP contribution is -1.89. The van der Waals surface area contributed by atoms with Gasteiger partial charge in [-0.05, 0) is 24.3 Å². The second-order valence-electron chi connectivity index (χ2n) is 3.66. The molecule has 0 amide bonds. The van der Waals surface area contributed by atoms with Crippen LogP contribution in [0.1, 0.15) is 0 Å². The number of para-hydroxylation sites is 1. The van der Waals surface area contributed by atoms with E-state index in [1.54, 1.807) is 12.4 Å². The third kappa shape index (κ3) is 2.20. The van der Waals surface area contributed by atoms with Crippen LogP contribution in [0.15, 0.2) is 59.4 Å². The Morgan fingerprint density at radius 2 is 1.89 bits per heavy atom. The first kappa shape index (κ1) is 10.5. The number of hydrogen-bond donors (Lipinski definition) is 1. The second-order valence-corrected chi connectivity index (χ2v) is 3.66. The fourth-order valence-corrected chi connectivity index (χ4v) is 1.53. The summed E-state index contributed by atoms with van der Waals surface area (Å²) in [5.74, 6) is 0.515. The Balaban J connectivity index is 1.82.